The SMILES string of the molecule is Cc1nc(CNC(=O)c2cccc(Br)n2)oc1C. The zero-order chi connectivity index (χ0) is 13.1. The fraction of sp³-hybridized carbons (Fsp3) is 0.250. The second-order valence-corrected chi connectivity index (χ2v) is 4.59. The summed E-state index contributed by atoms with van der Waals surface area (Å²) in [5, 5.41) is 2.70. The van der Waals surface area contributed by atoms with Crippen LogP contribution in [-0.2, 0) is 6.54 Å². The van der Waals surface area contributed by atoms with E-state index in [9.17, 15) is 4.79 Å². The minimum atomic E-state index is -0.259. The molecule has 0 saturated heterocycles. The molecule has 2 aromatic rings. The number of aromatic nitrogens is 2. The van der Waals surface area contributed by atoms with Crippen molar-refractivity contribution in [3.63, 3.8) is 0 Å². The van der Waals surface area contributed by atoms with Gasteiger partial charge in [-0.2, -0.15) is 0 Å². The van der Waals surface area contributed by atoms with Crippen LogP contribution in [0.5, 0.6) is 0 Å². The molecule has 0 aromatic carbocycles. The lowest BCUT2D eigenvalue weighted by atomic mass is 10.3. The van der Waals surface area contributed by atoms with Gasteiger partial charge in [-0.05, 0) is 41.9 Å². The number of aryl methyl sites for hydroxylation is 2. The second kappa shape index (κ2) is 5.30. The number of pyridine rings is 1. The smallest absolute Gasteiger partial charge is 0.270 e. The first-order valence-electron chi connectivity index (χ1n) is 5.40. The van der Waals surface area contributed by atoms with Crippen molar-refractivity contribution >= 4 is 21.8 Å². The highest BCUT2D eigenvalue weighted by molar-refractivity contribution is 9.10. The quantitative estimate of drug-likeness (QED) is 0.884. The third kappa shape index (κ3) is 2.95. The van der Waals surface area contributed by atoms with Crippen LogP contribution in [0.25, 0.3) is 0 Å². The molecule has 94 valence electrons. The van der Waals surface area contributed by atoms with Gasteiger partial charge in [0.25, 0.3) is 5.91 Å². The van der Waals surface area contributed by atoms with E-state index < -0.39 is 0 Å². The summed E-state index contributed by atoms with van der Waals surface area (Å²) in [6.07, 6.45) is 0. The third-order valence-corrected chi connectivity index (χ3v) is 2.86. The van der Waals surface area contributed by atoms with E-state index in [2.05, 4.69) is 31.2 Å². The predicted molar refractivity (Wildman–Crippen MR) is 69.1 cm³/mol. The van der Waals surface area contributed by atoms with E-state index in [0.717, 1.165) is 11.5 Å². The molecule has 18 heavy (non-hydrogen) atoms. The van der Waals surface area contributed by atoms with Crippen LogP contribution in [0.15, 0.2) is 27.2 Å². The summed E-state index contributed by atoms with van der Waals surface area (Å²) in [4.78, 5) is 20.0. The van der Waals surface area contributed by atoms with Crippen molar-refractivity contribution in [2.24, 2.45) is 0 Å². The molecule has 0 fully saturated rings. The molecule has 0 aliphatic carbocycles. The number of nitrogens with one attached hydrogen (secondary N) is 1. The fourth-order valence-electron chi connectivity index (χ4n) is 1.40. The Labute approximate surface area is 113 Å². The van der Waals surface area contributed by atoms with E-state index in [0.29, 0.717) is 16.2 Å². The highest BCUT2D eigenvalue weighted by atomic mass is 79.9. The molecule has 0 radical (unpaired) electrons. The van der Waals surface area contributed by atoms with Crippen molar-refractivity contribution in [2.75, 3.05) is 0 Å². The number of rotatable bonds is 3. The number of nitrogens with zero attached hydrogens (tertiary/aromatic N) is 2. The summed E-state index contributed by atoms with van der Waals surface area (Å²) in [5.41, 5.74) is 1.18. The van der Waals surface area contributed by atoms with E-state index in [1.807, 2.05) is 13.8 Å². The lowest BCUT2D eigenvalue weighted by Gasteiger charge is -2.02. The number of hydrogen-bond donors (Lipinski definition) is 1. The molecule has 0 aliphatic heterocycles. The van der Waals surface area contributed by atoms with Gasteiger partial charge >= 0.3 is 0 Å². The standard InChI is InChI=1S/C12H12BrN3O2/c1-7-8(2)18-11(15-7)6-14-12(17)9-4-3-5-10(13)16-9/h3-5H,6H2,1-2H3,(H,14,17). The largest absolute Gasteiger partial charge is 0.444 e. The van der Waals surface area contributed by atoms with Crippen molar-refractivity contribution in [1.82, 2.24) is 15.3 Å². The van der Waals surface area contributed by atoms with Gasteiger partial charge in [0.1, 0.15) is 16.1 Å². The van der Waals surface area contributed by atoms with Crippen LogP contribution in [0.3, 0.4) is 0 Å². The molecule has 1 amide bonds. The molecular weight excluding hydrogens is 298 g/mol. The number of halogens is 1. The second-order valence-electron chi connectivity index (χ2n) is 3.78. The maximum atomic E-state index is 11.8. The molecule has 0 spiro atoms. The molecule has 2 heterocycles. The van der Waals surface area contributed by atoms with Gasteiger partial charge in [0.2, 0.25) is 5.89 Å². The fourth-order valence-corrected chi connectivity index (χ4v) is 1.74. The normalized spacial score (nSPS) is 10.4. The van der Waals surface area contributed by atoms with E-state index in [1.165, 1.54) is 0 Å². The highest BCUT2D eigenvalue weighted by Crippen LogP contribution is 2.09. The highest BCUT2D eigenvalue weighted by Gasteiger charge is 2.10. The van der Waals surface area contributed by atoms with Gasteiger partial charge < -0.3 is 9.73 Å². The predicted octanol–water partition coefficient (Wildman–Crippen LogP) is 2.38. The molecule has 0 aliphatic rings. The number of carbonyl (C=O) groups excluding carboxylic acids is 1. The number of carbonyl (C=O) groups is 1. The Kier molecular flexibility index (Phi) is 3.76. The molecular formula is C12H12BrN3O2. The van der Waals surface area contributed by atoms with Crippen LogP contribution >= 0.6 is 15.9 Å². The van der Waals surface area contributed by atoms with Crippen LogP contribution < -0.4 is 5.32 Å². The Bertz CT molecular complexity index is 561. The van der Waals surface area contributed by atoms with Crippen molar-refractivity contribution in [3.05, 3.63) is 45.8 Å². The van der Waals surface area contributed by atoms with Crippen molar-refractivity contribution in [2.45, 2.75) is 20.4 Å². The zero-order valence-corrected chi connectivity index (χ0v) is 11.6. The van der Waals surface area contributed by atoms with Gasteiger partial charge in [0.05, 0.1) is 12.2 Å². The lowest BCUT2D eigenvalue weighted by molar-refractivity contribution is 0.0942. The Hall–Kier alpha value is -1.69. The van der Waals surface area contributed by atoms with Crippen molar-refractivity contribution in [1.29, 1.82) is 0 Å². The zero-order valence-electron chi connectivity index (χ0n) is 10.0. The molecule has 0 atom stereocenters. The number of amides is 1. The van der Waals surface area contributed by atoms with Crippen molar-refractivity contribution < 1.29 is 9.21 Å². The maximum Gasteiger partial charge on any atom is 0.270 e. The van der Waals surface area contributed by atoms with E-state index in [-0.39, 0.29) is 12.5 Å². The molecule has 5 nitrogen and oxygen atoms in total. The van der Waals surface area contributed by atoms with Gasteiger partial charge in [-0.1, -0.05) is 6.07 Å². The Balaban J connectivity index is 2.00. The Morgan fingerprint density at radius 3 is 2.78 bits per heavy atom. The maximum absolute atomic E-state index is 11.8. The van der Waals surface area contributed by atoms with Crippen LogP contribution in [-0.4, -0.2) is 15.9 Å². The minimum absolute atomic E-state index is 0.252. The van der Waals surface area contributed by atoms with Gasteiger partial charge in [0.15, 0.2) is 0 Å². The average Bonchev–Trinajstić information content (AvgIpc) is 2.66. The van der Waals surface area contributed by atoms with E-state index in [1.54, 1.807) is 18.2 Å². The molecule has 1 N–H and O–H groups in total. The molecule has 2 aromatic heterocycles. The van der Waals surface area contributed by atoms with Crippen LogP contribution in [0, 0.1) is 13.8 Å². The third-order valence-electron chi connectivity index (χ3n) is 2.42. The van der Waals surface area contributed by atoms with E-state index >= 15 is 0 Å². The van der Waals surface area contributed by atoms with Gasteiger partial charge in [-0.3, -0.25) is 4.79 Å². The van der Waals surface area contributed by atoms with Gasteiger partial charge in [-0.15, -0.1) is 0 Å². The van der Waals surface area contributed by atoms with Gasteiger partial charge in [-0.25, -0.2) is 9.97 Å². The lowest BCUT2D eigenvalue weighted by Crippen LogP contribution is -2.23. The molecule has 0 unspecified atom stereocenters. The van der Waals surface area contributed by atoms with Gasteiger partial charge in [0, 0.05) is 0 Å². The first-order chi connectivity index (χ1) is 8.56. The average molecular weight is 310 g/mol. The Morgan fingerprint density at radius 2 is 2.17 bits per heavy atom. The first-order valence-corrected chi connectivity index (χ1v) is 6.19. The Morgan fingerprint density at radius 1 is 1.39 bits per heavy atom. The monoisotopic (exact) mass is 309 g/mol. The van der Waals surface area contributed by atoms with Crippen molar-refractivity contribution in [3.8, 4) is 0 Å². The van der Waals surface area contributed by atoms with Crippen LogP contribution in [0.2, 0.25) is 0 Å². The number of hydrogen-bond acceptors (Lipinski definition) is 4. The topological polar surface area (TPSA) is 68.0 Å². The summed E-state index contributed by atoms with van der Waals surface area (Å²) in [7, 11) is 0. The van der Waals surface area contributed by atoms with Crippen LogP contribution in [0.4, 0.5) is 0 Å². The summed E-state index contributed by atoms with van der Waals surface area (Å²) < 4.78 is 5.99. The number of oxazole rings is 1. The summed E-state index contributed by atoms with van der Waals surface area (Å²) in [6.45, 7) is 3.95. The minimum Gasteiger partial charge on any atom is -0.444 e. The summed E-state index contributed by atoms with van der Waals surface area (Å²) in [5.74, 6) is 0.998. The summed E-state index contributed by atoms with van der Waals surface area (Å²) >= 11 is 3.22. The summed E-state index contributed by atoms with van der Waals surface area (Å²) in [6, 6.07) is 5.16. The molecule has 6 heteroatoms. The van der Waals surface area contributed by atoms with E-state index in [4.69, 9.17) is 4.42 Å². The first kappa shape index (κ1) is 12.8. The molecule has 2 rings (SSSR count). The molecule has 0 bridgehead atoms. The molecule has 0 saturated carbocycles. The van der Waals surface area contributed by atoms with Crippen LogP contribution in [0.1, 0.15) is 27.8 Å².